The number of piperazine rings is 1. The lowest BCUT2D eigenvalue weighted by atomic mass is 9.96. The van der Waals surface area contributed by atoms with E-state index >= 15 is 0 Å². The maximum Gasteiger partial charge on any atom is 0.225 e. The highest BCUT2D eigenvalue weighted by Crippen LogP contribution is 2.51. The number of benzene rings is 1. The third-order valence-electron chi connectivity index (χ3n) is 5.86. The van der Waals surface area contributed by atoms with Gasteiger partial charge in [-0.2, -0.15) is 0 Å². The summed E-state index contributed by atoms with van der Waals surface area (Å²) < 4.78 is 5.56. The fourth-order valence-electron chi connectivity index (χ4n) is 3.95. The molecule has 0 bridgehead atoms. The molecule has 1 heterocycles. The van der Waals surface area contributed by atoms with Crippen molar-refractivity contribution in [2.45, 2.75) is 38.6 Å². The summed E-state index contributed by atoms with van der Waals surface area (Å²) in [5, 5.41) is 3.63. The lowest BCUT2D eigenvalue weighted by Crippen LogP contribution is -2.55. The van der Waals surface area contributed by atoms with Gasteiger partial charge in [0.25, 0.3) is 0 Å². The Kier molecular flexibility index (Phi) is 7.59. The number of hydrogen-bond donors (Lipinski definition) is 1. The van der Waals surface area contributed by atoms with Crippen LogP contribution in [0.1, 0.15) is 32.8 Å². The van der Waals surface area contributed by atoms with E-state index in [2.05, 4.69) is 34.3 Å². The third-order valence-corrected chi connectivity index (χ3v) is 5.86. The van der Waals surface area contributed by atoms with Crippen LogP contribution in [-0.4, -0.2) is 68.0 Å². The van der Waals surface area contributed by atoms with Gasteiger partial charge in [-0.15, -0.1) is 24.0 Å². The van der Waals surface area contributed by atoms with E-state index in [4.69, 9.17) is 4.74 Å². The zero-order valence-electron chi connectivity index (χ0n) is 17.6. The molecule has 1 aliphatic carbocycles. The van der Waals surface area contributed by atoms with Gasteiger partial charge in [0, 0.05) is 56.2 Å². The second-order valence-electron chi connectivity index (χ2n) is 8.03. The number of halogens is 1. The standard InChI is InChI=1S/C21H32N4O2.HI/c1-15(2)19(26)24-10-12-25(13-11-24)20(22-4)23-18-14-21(18,3)16-8-6-7-9-17(16)27-5;/h6-9,15,18H,10-14H2,1-5H3,(H,22,23);1H. The topological polar surface area (TPSA) is 57.2 Å². The molecule has 2 unspecified atom stereocenters. The minimum absolute atomic E-state index is 0. The summed E-state index contributed by atoms with van der Waals surface area (Å²) in [6.45, 7) is 9.34. The number of guanidine groups is 1. The van der Waals surface area contributed by atoms with Gasteiger partial charge in [0.15, 0.2) is 5.96 Å². The molecule has 2 aliphatic rings. The first-order valence-corrected chi connectivity index (χ1v) is 9.81. The van der Waals surface area contributed by atoms with Crippen molar-refractivity contribution in [3.63, 3.8) is 0 Å². The van der Waals surface area contributed by atoms with E-state index in [1.54, 1.807) is 7.11 Å². The summed E-state index contributed by atoms with van der Waals surface area (Å²) in [7, 11) is 3.56. The maximum absolute atomic E-state index is 12.2. The van der Waals surface area contributed by atoms with Crippen LogP contribution >= 0.6 is 24.0 Å². The number of hydrogen-bond acceptors (Lipinski definition) is 3. The van der Waals surface area contributed by atoms with Gasteiger partial charge < -0.3 is 19.9 Å². The second-order valence-corrected chi connectivity index (χ2v) is 8.03. The van der Waals surface area contributed by atoms with Crippen LogP contribution < -0.4 is 10.1 Å². The Balaban J connectivity index is 0.00000280. The average molecular weight is 500 g/mol. The molecule has 6 nitrogen and oxygen atoms in total. The number of rotatable bonds is 4. The van der Waals surface area contributed by atoms with Gasteiger partial charge in [-0.1, -0.05) is 39.0 Å². The molecule has 1 N–H and O–H groups in total. The van der Waals surface area contributed by atoms with Crippen LogP contribution in [0.3, 0.4) is 0 Å². The number of amides is 1. The van der Waals surface area contributed by atoms with E-state index in [9.17, 15) is 4.79 Å². The molecule has 156 valence electrons. The van der Waals surface area contributed by atoms with Crippen molar-refractivity contribution in [3.8, 4) is 5.75 Å². The minimum atomic E-state index is 0. The Labute approximate surface area is 185 Å². The van der Waals surface area contributed by atoms with Crippen molar-refractivity contribution < 1.29 is 9.53 Å². The molecule has 3 rings (SSSR count). The zero-order valence-corrected chi connectivity index (χ0v) is 19.9. The van der Waals surface area contributed by atoms with Gasteiger partial charge in [-0.3, -0.25) is 9.79 Å². The predicted molar refractivity (Wildman–Crippen MR) is 124 cm³/mol. The van der Waals surface area contributed by atoms with Crippen molar-refractivity contribution in [2.75, 3.05) is 40.3 Å². The summed E-state index contributed by atoms with van der Waals surface area (Å²) in [4.78, 5) is 20.9. The van der Waals surface area contributed by atoms with Gasteiger partial charge in [0.2, 0.25) is 5.91 Å². The quantitative estimate of drug-likeness (QED) is 0.393. The molecule has 0 spiro atoms. The number of nitrogens with one attached hydrogen (secondary N) is 1. The smallest absolute Gasteiger partial charge is 0.225 e. The zero-order chi connectivity index (χ0) is 19.6. The first-order chi connectivity index (χ1) is 12.9. The molecule has 1 aliphatic heterocycles. The van der Waals surface area contributed by atoms with Gasteiger partial charge in [-0.25, -0.2) is 0 Å². The Morgan fingerprint density at radius 2 is 1.82 bits per heavy atom. The van der Waals surface area contributed by atoms with Crippen LogP contribution in [-0.2, 0) is 10.2 Å². The Hall–Kier alpha value is -1.51. The van der Waals surface area contributed by atoms with Crippen LogP contribution in [0.25, 0.3) is 0 Å². The normalized spacial score (nSPS) is 24.6. The Morgan fingerprint density at radius 1 is 1.21 bits per heavy atom. The molecule has 7 heteroatoms. The summed E-state index contributed by atoms with van der Waals surface area (Å²) in [6.07, 6.45) is 1.05. The highest BCUT2D eigenvalue weighted by atomic mass is 127. The molecular formula is C21H33IN4O2. The van der Waals surface area contributed by atoms with E-state index in [0.29, 0.717) is 6.04 Å². The fraction of sp³-hybridized carbons (Fsp3) is 0.619. The molecule has 1 aromatic rings. The van der Waals surface area contributed by atoms with Crippen molar-refractivity contribution in [3.05, 3.63) is 29.8 Å². The van der Waals surface area contributed by atoms with Gasteiger partial charge in [0.1, 0.15) is 5.75 Å². The summed E-state index contributed by atoms with van der Waals surface area (Å²) >= 11 is 0. The fourth-order valence-corrected chi connectivity index (χ4v) is 3.95. The highest BCUT2D eigenvalue weighted by Gasteiger charge is 2.53. The van der Waals surface area contributed by atoms with Gasteiger partial charge in [0.05, 0.1) is 7.11 Å². The first kappa shape index (κ1) is 22.8. The van der Waals surface area contributed by atoms with Crippen molar-refractivity contribution >= 4 is 35.8 Å². The highest BCUT2D eigenvalue weighted by molar-refractivity contribution is 14.0. The maximum atomic E-state index is 12.2. The number of nitrogens with zero attached hydrogens (tertiary/aromatic N) is 3. The Morgan fingerprint density at radius 3 is 2.39 bits per heavy atom. The average Bonchev–Trinajstić information content (AvgIpc) is 3.36. The van der Waals surface area contributed by atoms with Crippen LogP contribution in [0, 0.1) is 5.92 Å². The molecule has 2 atom stereocenters. The molecule has 1 saturated heterocycles. The number of para-hydroxylation sites is 1. The van der Waals surface area contributed by atoms with E-state index in [1.807, 2.05) is 37.9 Å². The van der Waals surface area contributed by atoms with Crippen LogP contribution in [0.15, 0.2) is 29.3 Å². The Bertz CT molecular complexity index is 716. The summed E-state index contributed by atoms with van der Waals surface area (Å²) in [5.74, 6) is 2.17. The van der Waals surface area contributed by atoms with Crippen molar-refractivity contribution in [1.82, 2.24) is 15.1 Å². The molecular weight excluding hydrogens is 467 g/mol. The molecule has 1 aromatic carbocycles. The minimum Gasteiger partial charge on any atom is -0.496 e. The van der Waals surface area contributed by atoms with Crippen molar-refractivity contribution in [1.29, 1.82) is 0 Å². The molecule has 0 aromatic heterocycles. The summed E-state index contributed by atoms with van der Waals surface area (Å²) in [5.41, 5.74) is 1.30. The van der Waals surface area contributed by atoms with E-state index < -0.39 is 0 Å². The molecule has 1 saturated carbocycles. The monoisotopic (exact) mass is 500 g/mol. The van der Waals surface area contributed by atoms with E-state index in [1.165, 1.54) is 5.56 Å². The molecule has 28 heavy (non-hydrogen) atoms. The van der Waals surface area contributed by atoms with E-state index in [-0.39, 0.29) is 41.2 Å². The molecule has 1 amide bonds. The first-order valence-electron chi connectivity index (χ1n) is 9.81. The van der Waals surface area contributed by atoms with Crippen molar-refractivity contribution in [2.24, 2.45) is 10.9 Å². The van der Waals surface area contributed by atoms with E-state index in [0.717, 1.165) is 44.3 Å². The third kappa shape index (κ3) is 4.55. The largest absolute Gasteiger partial charge is 0.496 e. The van der Waals surface area contributed by atoms with Crippen LogP contribution in [0.4, 0.5) is 0 Å². The number of aliphatic imine (C=N–C) groups is 1. The lowest BCUT2D eigenvalue weighted by molar-refractivity contribution is -0.135. The number of carbonyl (C=O) groups is 1. The number of ether oxygens (including phenoxy) is 1. The lowest BCUT2D eigenvalue weighted by Gasteiger charge is -2.37. The molecule has 0 radical (unpaired) electrons. The van der Waals surface area contributed by atoms with Crippen LogP contribution in [0.2, 0.25) is 0 Å². The predicted octanol–water partition coefficient (Wildman–Crippen LogP) is 2.72. The van der Waals surface area contributed by atoms with Crippen LogP contribution in [0.5, 0.6) is 5.75 Å². The van der Waals surface area contributed by atoms with Gasteiger partial charge >= 0.3 is 0 Å². The number of methoxy groups -OCH3 is 1. The van der Waals surface area contributed by atoms with Gasteiger partial charge in [-0.05, 0) is 12.5 Å². The molecule has 2 fully saturated rings. The second kappa shape index (κ2) is 9.33. The number of carbonyl (C=O) groups excluding carboxylic acids is 1. The SMILES string of the molecule is CN=C(NC1CC1(C)c1ccccc1OC)N1CCN(C(=O)C(C)C)CC1.I. The summed E-state index contributed by atoms with van der Waals surface area (Å²) in [6, 6.07) is 8.59.